The molecule has 0 spiro atoms. The Morgan fingerprint density at radius 3 is 1.19 bits per heavy atom. The summed E-state index contributed by atoms with van der Waals surface area (Å²) >= 11 is 0. The van der Waals surface area contributed by atoms with E-state index in [1.54, 1.807) is 0 Å². The second-order valence-corrected chi connectivity index (χ2v) is 11.3. The second-order valence-electron chi connectivity index (χ2n) is 11.3. The number of rotatable bonds is 5. The number of ether oxygens (including phenoxy) is 1. The summed E-state index contributed by atoms with van der Waals surface area (Å²) in [5, 5.41) is 3.03. The van der Waals surface area contributed by atoms with Gasteiger partial charge in [-0.15, -0.1) is 0 Å². The zero-order valence-electron chi connectivity index (χ0n) is 20.3. The molecule has 0 amide bonds. The van der Waals surface area contributed by atoms with E-state index in [1.807, 2.05) is 20.8 Å². The van der Waals surface area contributed by atoms with E-state index in [-0.39, 0.29) is 22.2 Å². The molecule has 0 heterocycles. The first kappa shape index (κ1) is 28.6. The number of nitrogens with two attached hydrogens (primary N) is 2. The van der Waals surface area contributed by atoms with Crippen molar-refractivity contribution in [1.29, 1.82) is 0 Å². The average molecular weight is 388 g/mol. The van der Waals surface area contributed by atoms with E-state index in [0.717, 1.165) is 13.1 Å². The molecule has 0 radical (unpaired) electrons. The molecule has 27 heavy (non-hydrogen) atoms. The number of nitrogens with one attached hydrogen (secondary N) is 1. The Hall–Kier alpha value is -0.650. The van der Waals surface area contributed by atoms with Crippen molar-refractivity contribution in [2.45, 2.75) is 88.7 Å². The van der Waals surface area contributed by atoms with Crippen LogP contribution in [0, 0.1) is 21.7 Å². The lowest BCUT2D eigenvalue weighted by Crippen LogP contribution is -2.61. The Kier molecular flexibility index (Phi) is 10.8. The van der Waals surface area contributed by atoms with Crippen molar-refractivity contribution in [3.63, 3.8) is 0 Å². The minimum Gasteiger partial charge on any atom is -0.459 e. The van der Waals surface area contributed by atoms with Crippen LogP contribution in [0.15, 0.2) is 0 Å². The molecule has 5 heteroatoms. The maximum absolute atomic E-state index is 13.2. The zero-order chi connectivity index (χ0) is 22.3. The average Bonchev–Trinajstić information content (AvgIpc) is 2.32. The normalized spacial score (nSPS) is 13.7. The Labute approximate surface area is 169 Å². The van der Waals surface area contributed by atoms with Gasteiger partial charge in [-0.1, -0.05) is 62.3 Å². The van der Waals surface area contributed by atoms with Gasteiger partial charge in [0, 0.05) is 26.2 Å². The van der Waals surface area contributed by atoms with Gasteiger partial charge in [-0.3, -0.25) is 4.79 Å². The van der Waals surface area contributed by atoms with Gasteiger partial charge in [0.15, 0.2) is 0 Å². The van der Waals surface area contributed by atoms with E-state index in [2.05, 4.69) is 67.6 Å². The van der Waals surface area contributed by atoms with Gasteiger partial charge >= 0.3 is 5.97 Å². The van der Waals surface area contributed by atoms with E-state index >= 15 is 0 Å². The Morgan fingerprint density at radius 1 is 0.704 bits per heavy atom. The summed E-state index contributed by atoms with van der Waals surface area (Å²) in [6.07, 6.45) is 0. The highest BCUT2D eigenvalue weighted by atomic mass is 16.6. The number of carbonyl (C=O) groups is 1. The molecule has 0 unspecified atom stereocenters. The minimum atomic E-state index is -0.583. The predicted octanol–water partition coefficient (Wildman–Crippen LogP) is 3.95. The smallest absolute Gasteiger partial charge is 0.314 e. The standard InChI is InChI=1S/C18H36O2.C4H13N3/c1-14(2,3)18(15(4,5)6,16(7,8)9)13(19)20-17(10,11)12;5-1-3-7-4-2-6/h1-12H3;7H,1-6H2. The molecule has 5 N–H and O–H groups in total. The summed E-state index contributed by atoms with van der Waals surface area (Å²) in [7, 11) is 0. The zero-order valence-corrected chi connectivity index (χ0v) is 20.3. The lowest BCUT2D eigenvalue weighted by molar-refractivity contribution is -0.205. The van der Waals surface area contributed by atoms with Crippen molar-refractivity contribution < 1.29 is 9.53 Å². The third-order valence-corrected chi connectivity index (χ3v) is 4.72. The van der Waals surface area contributed by atoms with Crippen LogP contribution in [0.2, 0.25) is 0 Å². The van der Waals surface area contributed by atoms with Crippen LogP contribution in [0.1, 0.15) is 83.1 Å². The molecular weight excluding hydrogens is 338 g/mol. The number of hydrogen-bond acceptors (Lipinski definition) is 5. The van der Waals surface area contributed by atoms with Crippen LogP contribution in [0.25, 0.3) is 0 Å². The Balaban J connectivity index is 0. The SMILES string of the molecule is CC(C)(C)OC(=O)C(C(C)(C)C)(C(C)(C)C)C(C)(C)C.NCCNCCN. The topological polar surface area (TPSA) is 90.4 Å². The fourth-order valence-electron chi connectivity index (χ4n) is 4.98. The van der Waals surface area contributed by atoms with Crippen LogP contribution >= 0.6 is 0 Å². The fraction of sp³-hybridized carbons (Fsp3) is 0.955. The number of esters is 1. The predicted molar refractivity (Wildman–Crippen MR) is 118 cm³/mol. The first-order valence-corrected chi connectivity index (χ1v) is 10.1. The molecule has 164 valence electrons. The third kappa shape index (κ3) is 8.08. The Bertz CT molecular complexity index is 392. The largest absolute Gasteiger partial charge is 0.459 e. The summed E-state index contributed by atoms with van der Waals surface area (Å²) in [6.45, 7) is 28.3. The van der Waals surface area contributed by atoms with Crippen LogP contribution in [0.3, 0.4) is 0 Å². The summed E-state index contributed by atoms with van der Waals surface area (Å²) in [5.74, 6) is -0.0856. The van der Waals surface area contributed by atoms with E-state index < -0.39 is 11.0 Å². The Morgan fingerprint density at radius 2 is 1.00 bits per heavy atom. The highest BCUT2D eigenvalue weighted by Gasteiger charge is 2.64. The summed E-state index contributed by atoms with van der Waals surface area (Å²) < 4.78 is 5.84. The molecule has 0 aliphatic carbocycles. The molecule has 0 saturated heterocycles. The lowest BCUT2D eigenvalue weighted by atomic mass is 9.44. The van der Waals surface area contributed by atoms with Crippen molar-refractivity contribution in [2.75, 3.05) is 26.2 Å². The number of hydrogen-bond donors (Lipinski definition) is 3. The lowest BCUT2D eigenvalue weighted by Gasteiger charge is -2.59. The van der Waals surface area contributed by atoms with Crippen LogP contribution in [-0.2, 0) is 9.53 Å². The summed E-state index contributed by atoms with van der Waals surface area (Å²) in [4.78, 5) is 13.2. The van der Waals surface area contributed by atoms with Crippen LogP contribution < -0.4 is 16.8 Å². The highest BCUT2D eigenvalue weighted by molar-refractivity contribution is 5.80. The van der Waals surface area contributed by atoms with Gasteiger partial charge in [-0.25, -0.2) is 0 Å². The quantitative estimate of drug-likeness (QED) is 0.491. The molecule has 5 nitrogen and oxygen atoms in total. The van der Waals surface area contributed by atoms with E-state index in [9.17, 15) is 4.79 Å². The first-order chi connectivity index (χ1) is 11.8. The van der Waals surface area contributed by atoms with Crippen LogP contribution in [0.4, 0.5) is 0 Å². The molecule has 0 fully saturated rings. The van der Waals surface area contributed by atoms with Crippen molar-refractivity contribution in [3.05, 3.63) is 0 Å². The van der Waals surface area contributed by atoms with Gasteiger partial charge in [0.25, 0.3) is 0 Å². The second kappa shape index (κ2) is 10.2. The fourth-order valence-corrected chi connectivity index (χ4v) is 4.98. The molecule has 0 saturated carbocycles. The number of carbonyl (C=O) groups excluding carboxylic acids is 1. The molecule has 0 atom stereocenters. The van der Waals surface area contributed by atoms with Crippen molar-refractivity contribution in [1.82, 2.24) is 5.32 Å². The van der Waals surface area contributed by atoms with Gasteiger partial charge in [0.1, 0.15) is 5.60 Å². The summed E-state index contributed by atoms with van der Waals surface area (Å²) in [6, 6.07) is 0. The van der Waals surface area contributed by atoms with Gasteiger partial charge in [-0.2, -0.15) is 0 Å². The van der Waals surface area contributed by atoms with Crippen molar-refractivity contribution in [3.8, 4) is 0 Å². The van der Waals surface area contributed by atoms with Crippen LogP contribution in [-0.4, -0.2) is 37.7 Å². The summed E-state index contributed by atoms with van der Waals surface area (Å²) in [5.41, 5.74) is 8.67. The van der Waals surface area contributed by atoms with E-state index in [4.69, 9.17) is 16.2 Å². The monoisotopic (exact) mass is 387 g/mol. The third-order valence-electron chi connectivity index (χ3n) is 4.72. The molecule has 0 aromatic rings. The highest BCUT2D eigenvalue weighted by Crippen LogP contribution is 2.62. The molecule has 0 rings (SSSR count). The minimum absolute atomic E-state index is 0.0856. The molecule has 0 aliphatic rings. The molecular formula is C22H49N3O2. The van der Waals surface area contributed by atoms with E-state index in [1.165, 1.54) is 0 Å². The molecule has 0 aromatic heterocycles. The first-order valence-electron chi connectivity index (χ1n) is 10.1. The van der Waals surface area contributed by atoms with Gasteiger partial charge in [-0.05, 0) is 37.0 Å². The van der Waals surface area contributed by atoms with Crippen LogP contribution in [0.5, 0.6) is 0 Å². The van der Waals surface area contributed by atoms with Gasteiger partial charge < -0.3 is 21.5 Å². The molecule has 0 aromatic carbocycles. The maximum atomic E-state index is 13.2. The van der Waals surface area contributed by atoms with Crippen molar-refractivity contribution >= 4 is 5.97 Å². The van der Waals surface area contributed by atoms with Gasteiger partial charge in [0.05, 0.1) is 5.41 Å². The van der Waals surface area contributed by atoms with E-state index in [0.29, 0.717) is 13.1 Å². The maximum Gasteiger partial charge on any atom is 0.314 e. The van der Waals surface area contributed by atoms with Crippen molar-refractivity contribution in [2.24, 2.45) is 33.1 Å². The molecule has 0 bridgehead atoms. The van der Waals surface area contributed by atoms with Gasteiger partial charge in [0.2, 0.25) is 0 Å². The molecule has 0 aliphatic heterocycles.